The fourth-order valence-corrected chi connectivity index (χ4v) is 3.23. The first-order valence-corrected chi connectivity index (χ1v) is 8.27. The van der Waals surface area contributed by atoms with Crippen molar-refractivity contribution in [3.8, 4) is 0 Å². The summed E-state index contributed by atoms with van der Waals surface area (Å²) in [6.07, 6.45) is 7.73. The lowest BCUT2D eigenvalue weighted by Gasteiger charge is -2.26. The van der Waals surface area contributed by atoms with Crippen molar-refractivity contribution >= 4 is 12.0 Å². The summed E-state index contributed by atoms with van der Waals surface area (Å²) in [4.78, 5) is 22.5. The predicted molar refractivity (Wildman–Crippen MR) is 83.2 cm³/mol. The van der Waals surface area contributed by atoms with E-state index in [9.17, 15) is 9.59 Å². The van der Waals surface area contributed by atoms with Gasteiger partial charge in [0.2, 0.25) is 0 Å². The zero-order valence-electron chi connectivity index (χ0n) is 13.4. The van der Waals surface area contributed by atoms with E-state index in [1.54, 1.807) is 0 Å². The molecule has 1 aliphatic rings. The second-order valence-electron chi connectivity index (χ2n) is 6.41. The summed E-state index contributed by atoms with van der Waals surface area (Å²) in [6.45, 7) is 4.96. The second-order valence-corrected chi connectivity index (χ2v) is 6.41. The van der Waals surface area contributed by atoms with Crippen LogP contribution < -0.4 is 10.6 Å². The van der Waals surface area contributed by atoms with E-state index in [2.05, 4.69) is 17.6 Å². The second kappa shape index (κ2) is 9.64. The molecular weight excluding hydrogens is 268 g/mol. The van der Waals surface area contributed by atoms with E-state index in [0.29, 0.717) is 13.0 Å². The molecule has 0 aromatic rings. The highest BCUT2D eigenvalue weighted by atomic mass is 16.4. The van der Waals surface area contributed by atoms with Gasteiger partial charge in [0.05, 0.1) is 6.42 Å². The highest BCUT2D eigenvalue weighted by Gasteiger charge is 2.19. The van der Waals surface area contributed by atoms with Gasteiger partial charge < -0.3 is 15.7 Å². The highest BCUT2D eigenvalue weighted by molar-refractivity contribution is 5.75. The molecule has 1 saturated carbocycles. The topological polar surface area (TPSA) is 78.4 Å². The lowest BCUT2D eigenvalue weighted by atomic mass is 9.81. The molecule has 2 amide bonds. The van der Waals surface area contributed by atoms with E-state index in [-0.39, 0.29) is 18.5 Å². The minimum atomic E-state index is -0.870. The van der Waals surface area contributed by atoms with Gasteiger partial charge in [-0.1, -0.05) is 39.5 Å². The monoisotopic (exact) mass is 298 g/mol. The summed E-state index contributed by atoms with van der Waals surface area (Å²) >= 11 is 0. The Balaban J connectivity index is 2.21. The summed E-state index contributed by atoms with van der Waals surface area (Å²) in [5.74, 6) is 0.659. The maximum atomic E-state index is 11.8. The van der Waals surface area contributed by atoms with E-state index in [4.69, 9.17) is 5.11 Å². The van der Waals surface area contributed by atoms with Crippen molar-refractivity contribution in [1.29, 1.82) is 0 Å². The zero-order chi connectivity index (χ0) is 15.7. The Morgan fingerprint density at radius 1 is 1.33 bits per heavy atom. The van der Waals surface area contributed by atoms with Crippen molar-refractivity contribution < 1.29 is 14.7 Å². The molecule has 0 saturated heterocycles. The average Bonchev–Trinajstić information content (AvgIpc) is 2.38. The number of hydrogen-bond donors (Lipinski definition) is 3. The molecule has 5 nitrogen and oxygen atoms in total. The number of nitrogens with one attached hydrogen (secondary N) is 2. The van der Waals surface area contributed by atoms with Crippen molar-refractivity contribution in [3.05, 3.63) is 0 Å². The first-order chi connectivity index (χ1) is 10.0. The van der Waals surface area contributed by atoms with Crippen LogP contribution in [0.5, 0.6) is 0 Å². The van der Waals surface area contributed by atoms with Gasteiger partial charge >= 0.3 is 12.0 Å². The number of carboxylic acid groups (broad SMARTS) is 1. The lowest BCUT2D eigenvalue weighted by molar-refractivity contribution is -0.137. The molecular formula is C16H30N2O3. The van der Waals surface area contributed by atoms with Gasteiger partial charge in [-0.25, -0.2) is 4.79 Å². The number of rotatable bonds is 8. The summed E-state index contributed by atoms with van der Waals surface area (Å²) in [5.41, 5.74) is 0. The number of carbonyl (C=O) groups excluding carboxylic acids is 1. The first-order valence-electron chi connectivity index (χ1n) is 8.27. The molecule has 1 fully saturated rings. The average molecular weight is 298 g/mol. The van der Waals surface area contributed by atoms with Crippen molar-refractivity contribution in [1.82, 2.24) is 10.6 Å². The fraction of sp³-hybridized carbons (Fsp3) is 0.875. The van der Waals surface area contributed by atoms with E-state index in [0.717, 1.165) is 24.7 Å². The lowest BCUT2D eigenvalue weighted by Crippen LogP contribution is -2.43. The normalized spacial score (nSPS) is 23.3. The van der Waals surface area contributed by atoms with E-state index < -0.39 is 5.97 Å². The van der Waals surface area contributed by atoms with Crippen LogP contribution in [-0.2, 0) is 4.79 Å². The largest absolute Gasteiger partial charge is 0.481 e. The summed E-state index contributed by atoms with van der Waals surface area (Å²) in [7, 11) is 0. The Morgan fingerprint density at radius 3 is 2.71 bits per heavy atom. The third kappa shape index (κ3) is 7.93. The molecule has 0 aliphatic heterocycles. The number of carbonyl (C=O) groups is 2. The number of amides is 2. The molecule has 0 aromatic carbocycles. The van der Waals surface area contributed by atoms with Gasteiger partial charge in [-0.2, -0.15) is 0 Å². The Labute approximate surface area is 127 Å². The molecule has 3 atom stereocenters. The highest BCUT2D eigenvalue weighted by Crippen LogP contribution is 2.30. The zero-order valence-corrected chi connectivity index (χ0v) is 13.4. The minimum absolute atomic E-state index is 0.0125. The molecule has 3 unspecified atom stereocenters. The summed E-state index contributed by atoms with van der Waals surface area (Å²) in [6, 6.07) is -0.513. The Kier molecular flexibility index (Phi) is 8.16. The first kappa shape index (κ1) is 17.8. The number of carboxylic acids is 1. The van der Waals surface area contributed by atoms with Crippen molar-refractivity contribution in [2.45, 2.75) is 71.3 Å². The minimum Gasteiger partial charge on any atom is -0.481 e. The molecule has 3 N–H and O–H groups in total. The number of aliphatic carboxylic acids is 1. The quantitative estimate of drug-likeness (QED) is 0.644. The van der Waals surface area contributed by atoms with Gasteiger partial charge in [-0.05, 0) is 31.1 Å². The molecule has 122 valence electrons. The van der Waals surface area contributed by atoms with Crippen molar-refractivity contribution in [3.63, 3.8) is 0 Å². The molecule has 0 heterocycles. The van der Waals surface area contributed by atoms with Crippen LogP contribution >= 0.6 is 0 Å². The molecule has 0 spiro atoms. The maximum absolute atomic E-state index is 11.8. The third-order valence-corrected chi connectivity index (χ3v) is 4.28. The fourth-order valence-electron chi connectivity index (χ4n) is 3.23. The van der Waals surface area contributed by atoms with E-state index in [1.165, 1.54) is 25.7 Å². The van der Waals surface area contributed by atoms with Crippen LogP contribution in [0.2, 0.25) is 0 Å². The van der Waals surface area contributed by atoms with Gasteiger partial charge in [-0.15, -0.1) is 0 Å². The summed E-state index contributed by atoms with van der Waals surface area (Å²) < 4.78 is 0. The Bertz CT molecular complexity index is 333. The molecule has 21 heavy (non-hydrogen) atoms. The Morgan fingerprint density at radius 2 is 2.10 bits per heavy atom. The van der Waals surface area contributed by atoms with Gasteiger partial charge in [0, 0.05) is 12.6 Å². The maximum Gasteiger partial charge on any atom is 0.315 e. The molecule has 0 radical (unpaired) electrons. The van der Waals surface area contributed by atoms with E-state index in [1.807, 2.05) is 6.92 Å². The SMILES string of the molecule is CCCC(CC(=O)O)NC(=O)NCCC1CCCC(C)C1. The molecule has 1 rings (SSSR count). The van der Waals surface area contributed by atoms with Crippen LogP contribution in [-0.4, -0.2) is 29.7 Å². The Hall–Kier alpha value is -1.26. The molecule has 5 heteroatoms. The standard InChI is InChI=1S/C16H30N2O3/c1-3-5-14(11-15(19)20)18-16(21)17-9-8-13-7-4-6-12(2)10-13/h12-14H,3-11H2,1-2H3,(H,19,20)(H2,17,18,21). The summed E-state index contributed by atoms with van der Waals surface area (Å²) in [5, 5.41) is 14.5. The number of hydrogen-bond acceptors (Lipinski definition) is 2. The van der Waals surface area contributed by atoms with Crippen molar-refractivity contribution in [2.75, 3.05) is 6.54 Å². The van der Waals surface area contributed by atoms with Crippen LogP contribution in [0.4, 0.5) is 4.79 Å². The molecule has 0 aromatic heterocycles. The van der Waals surface area contributed by atoms with Crippen LogP contribution in [0, 0.1) is 11.8 Å². The van der Waals surface area contributed by atoms with Gasteiger partial charge in [0.25, 0.3) is 0 Å². The molecule has 0 bridgehead atoms. The molecule has 1 aliphatic carbocycles. The van der Waals surface area contributed by atoms with Crippen LogP contribution in [0.15, 0.2) is 0 Å². The predicted octanol–water partition coefficient (Wildman–Crippen LogP) is 3.15. The van der Waals surface area contributed by atoms with Gasteiger partial charge in [0.15, 0.2) is 0 Å². The smallest absolute Gasteiger partial charge is 0.315 e. The van der Waals surface area contributed by atoms with Crippen LogP contribution in [0.3, 0.4) is 0 Å². The number of urea groups is 1. The third-order valence-electron chi connectivity index (χ3n) is 4.28. The van der Waals surface area contributed by atoms with Gasteiger partial charge in [0.1, 0.15) is 0 Å². The van der Waals surface area contributed by atoms with Crippen LogP contribution in [0.1, 0.15) is 65.2 Å². The van der Waals surface area contributed by atoms with Crippen LogP contribution in [0.25, 0.3) is 0 Å². The van der Waals surface area contributed by atoms with E-state index >= 15 is 0 Å². The van der Waals surface area contributed by atoms with Crippen molar-refractivity contribution in [2.24, 2.45) is 11.8 Å². The van der Waals surface area contributed by atoms with Gasteiger partial charge in [-0.3, -0.25) is 4.79 Å².